The van der Waals surface area contributed by atoms with Gasteiger partial charge < -0.3 is 4.90 Å². The largest absolute Gasteiger partial charge is 0.338 e. The Morgan fingerprint density at radius 3 is 2.34 bits per heavy atom. The van der Waals surface area contributed by atoms with Crippen molar-refractivity contribution in [1.82, 2.24) is 24.6 Å². The number of rotatable bonds is 9. The summed E-state index contributed by atoms with van der Waals surface area (Å²) < 4.78 is 2.11. The fourth-order valence-corrected chi connectivity index (χ4v) is 4.92. The summed E-state index contributed by atoms with van der Waals surface area (Å²) in [6.07, 6.45) is 3.79. The van der Waals surface area contributed by atoms with Crippen LogP contribution in [-0.4, -0.2) is 55.9 Å². The van der Waals surface area contributed by atoms with E-state index in [4.69, 9.17) is 0 Å². The van der Waals surface area contributed by atoms with Gasteiger partial charge in [-0.3, -0.25) is 14.3 Å². The highest BCUT2D eigenvalue weighted by Gasteiger charge is 2.20. The van der Waals surface area contributed by atoms with Crippen LogP contribution in [0, 0.1) is 0 Å². The fourth-order valence-electron chi connectivity index (χ4n) is 4.05. The lowest BCUT2D eigenvalue weighted by Gasteiger charge is -2.26. The van der Waals surface area contributed by atoms with Crippen LogP contribution in [0.5, 0.6) is 0 Å². The number of likely N-dealkylation sites (tertiary alicyclic amines) is 1. The van der Waals surface area contributed by atoms with Crippen molar-refractivity contribution in [3.8, 4) is 5.69 Å². The highest BCUT2D eigenvalue weighted by atomic mass is 32.2. The van der Waals surface area contributed by atoms with Gasteiger partial charge in [-0.25, -0.2) is 0 Å². The average Bonchev–Trinajstić information content (AvgIpc) is 3.25. The number of carbonyl (C=O) groups excluding carboxylic acids is 1. The maximum atomic E-state index is 13.0. The van der Waals surface area contributed by atoms with Gasteiger partial charge in [0.15, 0.2) is 11.0 Å². The monoisotopic (exact) mass is 449 g/mol. The summed E-state index contributed by atoms with van der Waals surface area (Å²) in [4.78, 5) is 17.3. The molecule has 4 rings (SSSR count). The first-order chi connectivity index (χ1) is 15.7. The summed E-state index contributed by atoms with van der Waals surface area (Å²) in [5.41, 5.74) is 2.18. The van der Waals surface area contributed by atoms with Crippen LogP contribution >= 0.6 is 11.8 Å². The van der Waals surface area contributed by atoms with Crippen LogP contribution in [0.25, 0.3) is 5.69 Å². The van der Waals surface area contributed by atoms with E-state index in [1.165, 1.54) is 31.0 Å². The van der Waals surface area contributed by atoms with E-state index in [1.807, 2.05) is 48.2 Å². The molecule has 1 aliphatic heterocycles. The Balaban J connectivity index is 1.48. The van der Waals surface area contributed by atoms with Crippen LogP contribution in [0.15, 0.2) is 65.8 Å². The van der Waals surface area contributed by atoms with E-state index in [-0.39, 0.29) is 5.91 Å². The summed E-state index contributed by atoms with van der Waals surface area (Å²) in [6.45, 7) is 6.32. The molecule has 6 nitrogen and oxygen atoms in total. The molecular weight excluding hydrogens is 418 g/mol. The zero-order chi connectivity index (χ0) is 22.2. The standard InChI is InChI=1S/C25H31N5OS/c1-2-29(18-21-12-6-3-7-13-21)24(31)20-32-25-27-26-23(19-28-16-10-5-11-17-28)30(25)22-14-8-4-9-15-22/h3-4,6-9,12-15H,2,5,10-11,16-20H2,1H3. The lowest BCUT2D eigenvalue weighted by molar-refractivity contribution is -0.128. The van der Waals surface area contributed by atoms with E-state index < -0.39 is 0 Å². The second-order valence-electron chi connectivity index (χ2n) is 8.09. The van der Waals surface area contributed by atoms with Crippen LogP contribution in [0.3, 0.4) is 0 Å². The highest BCUT2D eigenvalue weighted by Crippen LogP contribution is 2.24. The molecule has 0 unspecified atom stereocenters. The maximum absolute atomic E-state index is 13.0. The number of carbonyl (C=O) groups is 1. The molecule has 1 fully saturated rings. The molecule has 0 radical (unpaired) electrons. The topological polar surface area (TPSA) is 54.3 Å². The van der Waals surface area contributed by atoms with Crippen LogP contribution < -0.4 is 0 Å². The molecule has 0 aliphatic carbocycles. The zero-order valence-electron chi connectivity index (χ0n) is 18.7. The molecule has 2 heterocycles. The third kappa shape index (κ3) is 5.78. The summed E-state index contributed by atoms with van der Waals surface area (Å²) in [5, 5.41) is 9.77. The molecule has 0 atom stereocenters. The maximum Gasteiger partial charge on any atom is 0.233 e. The molecule has 0 spiro atoms. The molecular formula is C25H31N5OS. The molecule has 1 aliphatic rings. The quantitative estimate of drug-likeness (QED) is 0.454. The highest BCUT2D eigenvalue weighted by molar-refractivity contribution is 7.99. The second kappa shape index (κ2) is 11.3. The van der Waals surface area contributed by atoms with E-state index in [9.17, 15) is 4.79 Å². The summed E-state index contributed by atoms with van der Waals surface area (Å²) >= 11 is 1.47. The minimum absolute atomic E-state index is 0.113. The van der Waals surface area contributed by atoms with Gasteiger partial charge in [-0.05, 0) is 50.6 Å². The number of benzene rings is 2. The van der Waals surface area contributed by atoms with E-state index in [1.54, 1.807) is 0 Å². The van der Waals surface area contributed by atoms with Gasteiger partial charge in [0.2, 0.25) is 5.91 Å². The summed E-state index contributed by atoms with van der Waals surface area (Å²) in [6, 6.07) is 20.3. The Bertz CT molecular complexity index is 986. The third-order valence-corrected chi connectivity index (χ3v) is 6.72. The SMILES string of the molecule is CCN(Cc1ccccc1)C(=O)CSc1nnc(CN2CCCCC2)n1-c1ccccc1. The number of hydrogen-bond donors (Lipinski definition) is 0. The van der Waals surface area contributed by atoms with Gasteiger partial charge in [0.25, 0.3) is 0 Å². The molecule has 168 valence electrons. The van der Waals surface area contributed by atoms with Gasteiger partial charge in [-0.1, -0.05) is 66.7 Å². The Labute approximate surface area is 194 Å². The number of piperidine rings is 1. The summed E-state index contributed by atoms with van der Waals surface area (Å²) in [7, 11) is 0. The minimum Gasteiger partial charge on any atom is -0.338 e. The van der Waals surface area contributed by atoms with Crippen molar-refractivity contribution >= 4 is 17.7 Å². The van der Waals surface area contributed by atoms with Gasteiger partial charge in [0.05, 0.1) is 12.3 Å². The molecule has 3 aromatic rings. The Kier molecular flexibility index (Phi) is 7.96. The van der Waals surface area contributed by atoms with Gasteiger partial charge in [-0.15, -0.1) is 10.2 Å². The predicted molar refractivity (Wildman–Crippen MR) is 129 cm³/mol. The van der Waals surface area contributed by atoms with Crippen molar-refractivity contribution in [2.75, 3.05) is 25.4 Å². The van der Waals surface area contributed by atoms with Crippen LogP contribution in [0.1, 0.15) is 37.6 Å². The lowest BCUT2D eigenvalue weighted by atomic mass is 10.1. The number of nitrogens with zero attached hydrogens (tertiary/aromatic N) is 5. The number of aromatic nitrogens is 3. The van der Waals surface area contributed by atoms with Crippen molar-refractivity contribution < 1.29 is 4.79 Å². The van der Waals surface area contributed by atoms with E-state index in [0.29, 0.717) is 18.8 Å². The first-order valence-electron chi connectivity index (χ1n) is 11.4. The third-order valence-electron chi connectivity index (χ3n) is 5.80. The first-order valence-corrected chi connectivity index (χ1v) is 12.4. The van der Waals surface area contributed by atoms with Crippen LogP contribution in [0.4, 0.5) is 0 Å². The number of thioether (sulfide) groups is 1. The average molecular weight is 450 g/mol. The van der Waals surface area contributed by atoms with Crippen LogP contribution in [-0.2, 0) is 17.9 Å². The molecule has 1 saturated heterocycles. The van der Waals surface area contributed by atoms with Crippen molar-refractivity contribution in [1.29, 1.82) is 0 Å². The second-order valence-corrected chi connectivity index (χ2v) is 9.03. The molecule has 7 heteroatoms. The Hall–Kier alpha value is -2.64. The minimum atomic E-state index is 0.113. The van der Waals surface area contributed by atoms with Crippen molar-refractivity contribution in [3.63, 3.8) is 0 Å². The molecule has 32 heavy (non-hydrogen) atoms. The molecule has 1 aromatic heterocycles. The first kappa shape index (κ1) is 22.6. The molecule has 0 saturated carbocycles. The van der Waals surface area contributed by atoms with Crippen molar-refractivity contribution in [2.24, 2.45) is 0 Å². The van der Waals surface area contributed by atoms with Crippen molar-refractivity contribution in [3.05, 3.63) is 72.1 Å². The Morgan fingerprint density at radius 2 is 1.66 bits per heavy atom. The van der Waals surface area contributed by atoms with Gasteiger partial charge in [0, 0.05) is 18.8 Å². The van der Waals surface area contributed by atoms with E-state index >= 15 is 0 Å². The fraction of sp³-hybridized carbons (Fsp3) is 0.400. The van der Waals surface area contributed by atoms with Gasteiger partial charge >= 0.3 is 0 Å². The van der Waals surface area contributed by atoms with Crippen molar-refractivity contribution in [2.45, 2.75) is 44.4 Å². The Morgan fingerprint density at radius 1 is 0.969 bits per heavy atom. The summed E-state index contributed by atoms with van der Waals surface area (Å²) in [5.74, 6) is 1.39. The molecule has 1 amide bonds. The smallest absolute Gasteiger partial charge is 0.233 e. The predicted octanol–water partition coefficient (Wildman–Crippen LogP) is 4.39. The molecule has 2 aromatic carbocycles. The van der Waals surface area contributed by atoms with Crippen LogP contribution in [0.2, 0.25) is 0 Å². The number of hydrogen-bond acceptors (Lipinski definition) is 5. The number of amides is 1. The number of para-hydroxylation sites is 1. The van der Waals surface area contributed by atoms with E-state index in [0.717, 1.165) is 41.9 Å². The normalized spacial score (nSPS) is 14.4. The lowest BCUT2D eigenvalue weighted by Crippen LogP contribution is -2.31. The molecule has 0 bridgehead atoms. The molecule has 0 N–H and O–H groups in total. The van der Waals surface area contributed by atoms with Gasteiger partial charge in [-0.2, -0.15) is 0 Å². The van der Waals surface area contributed by atoms with Gasteiger partial charge in [0.1, 0.15) is 0 Å². The van der Waals surface area contributed by atoms with E-state index in [2.05, 4.69) is 43.9 Å². The zero-order valence-corrected chi connectivity index (χ0v) is 19.5.